The molecule has 2 aromatic heterocycles. The zero-order valence-corrected chi connectivity index (χ0v) is 20.0. The topological polar surface area (TPSA) is 31.0 Å². The van der Waals surface area contributed by atoms with Crippen LogP contribution in [0.5, 0.6) is 0 Å². The van der Waals surface area contributed by atoms with E-state index in [-0.39, 0.29) is 0 Å². The van der Waals surface area contributed by atoms with Gasteiger partial charge in [-0.2, -0.15) is 0 Å². The summed E-state index contributed by atoms with van der Waals surface area (Å²) in [6.07, 6.45) is 0. The van der Waals surface area contributed by atoms with Gasteiger partial charge in [-0.3, -0.25) is 4.57 Å². The van der Waals surface area contributed by atoms with Crippen LogP contribution in [-0.4, -0.2) is 9.55 Å². The molecule has 3 nitrogen and oxygen atoms in total. The molecule has 0 N–H and O–H groups in total. The van der Waals surface area contributed by atoms with Crippen LogP contribution >= 0.6 is 0 Å². The third kappa shape index (κ3) is 3.07. The van der Waals surface area contributed by atoms with Crippen LogP contribution in [-0.2, 0) is 0 Å². The molecule has 0 bridgehead atoms. The predicted octanol–water partition coefficient (Wildman–Crippen LogP) is 8.84. The number of hydrogen-bond acceptors (Lipinski definition) is 2. The quantitative estimate of drug-likeness (QED) is 0.272. The molecule has 6 rings (SSSR count). The van der Waals surface area contributed by atoms with Gasteiger partial charge in [-0.25, -0.2) is 4.98 Å². The number of para-hydroxylation sites is 3. The van der Waals surface area contributed by atoms with Crippen LogP contribution in [0.15, 0.2) is 89.3 Å². The van der Waals surface area contributed by atoms with Gasteiger partial charge < -0.3 is 4.42 Å². The van der Waals surface area contributed by atoms with Gasteiger partial charge in [0.25, 0.3) is 0 Å². The highest BCUT2D eigenvalue weighted by atomic mass is 16.3. The Hall–Kier alpha value is -3.85. The number of imidazole rings is 1. The first-order chi connectivity index (χ1) is 16.5. The van der Waals surface area contributed by atoms with E-state index >= 15 is 0 Å². The predicted molar refractivity (Wildman–Crippen MR) is 142 cm³/mol. The minimum atomic E-state index is 0.315. The van der Waals surface area contributed by atoms with Crippen molar-refractivity contribution >= 4 is 33.0 Å². The summed E-state index contributed by atoms with van der Waals surface area (Å²) in [6.45, 7) is 9.06. The number of benzene rings is 4. The molecule has 0 amide bonds. The van der Waals surface area contributed by atoms with Crippen molar-refractivity contribution in [1.82, 2.24) is 9.55 Å². The summed E-state index contributed by atoms with van der Waals surface area (Å²) in [5.74, 6) is 1.63. The molecule has 0 aliphatic carbocycles. The van der Waals surface area contributed by atoms with Gasteiger partial charge in [0.2, 0.25) is 0 Å². The summed E-state index contributed by atoms with van der Waals surface area (Å²) in [4.78, 5) is 5.10. The SMILES string of the molecule is CC(C)c1cc(C(C)C)c2c(oc3ccccc32)c1-n1c(-c2ccccc2)nc2ccccc21. The molecule has 2 heterocycles. The summed E-state index contributed by atoms with van der Waals surface area (Å²) < 4.78 is 8.99. The summed E-state index contributed by atoms with van der Waals surface area (Å²) in [6, 6.07) is 29.6. The van der Waals surface area contributed by atoms with E-state index in [0.29, 0.717) is 11.8 Å². The molecule has 0 saturated carbocycles. The van der Waals surface area contributed by atoms with Crippen molar-refractivity contribution in [2.24, 2.45) is 0 Å². The number of hydrogen-bond donors (Lipinski definition) is 0. The Balaban J connectivity index is 1.85. The molecule has 34 heavy (non-hydrogen) atoms. The van der Waals surface area contributed by atoms with E-state index in [2.05, 4.69) is 105 Å². The van der Waals surface area contributed by atoms with E-state index in [1.165, 1.54) is 21.9 Å². The van der Waals surface area contributed by atoms with Crippen LogP contribution in [0.25, 0.3) is 50.0 Å². The number of fused-ring (bicyclic) bond motifs is 4. The fourth-order valence-electron chi connectivity index (χ4n) is 5.10. The Morgan fingerprint density at radius 3 is 2.18 bits per heavy atom. The molecule has 0 aliphatic rings. The van der Waals surface area contributed by atoms with Crippen molar-refractivity contribution < 1.29 is 4.42 Å². The summed E-state index contributed by atoms with van der Waals surface area (Å²) in [5, 5.41) is 2.38. The van der Waals surface area contributed by atoms with Gasteiger partial charge in [-0.15, -0.1) is 0 Å². The third-order valence-electron chi connectivity index (χ3n) is 6.74. The maximum absolute atomic E-state index is 6.68. The lowest BCUT2D eigenvalue weighted by Crippen LogP contribution is -2.06. The highest BCUT2D eigenvalue weighted by molar-refractivity contribution is 6.10. The van der Waals surface area contributed by atoms with Crippen molar-refractivity contribution in [3.8, 4) is 17.1 Å². The maximum atomic E-state index is 6.68. The number of furan rings is 1. The lowest BCUT2D eigenvalue weighted by atomic mass is 9.90. The highest BCUT2D eigenvalue weighted by Gasteiger charge is 2.26. The van der Waals surface area contributed by atoms with Gasteiger partial charge in [0.05, 0.1) is 16.7 Å². The van der Waals surface area contributed by atoms with Crippen LogP contribution < -0.4 is 0 Å². The highest BCUT2D eigenvalue weighted by Crippen LogP contribution is 2.44. The van der Waals surface area contributed by atoms with E-state index in [1.54, 1.807) is 0 Å². The molecule has 0 radical (unpaired) electrons. The van der Waals surface area contributed by atoms with E-state index in [1.807, 2.05) is 12.1 Å². The minimum absolute atomic E-state index is 0.315. The lowest BCUT2D eigenvalue weighted by Gasteiger charge is -2.20. The second kappa shape index (κ2) is 7.88. The summed E-state index contributed by atoms with van der Waals surface area (Å²) >= 11 is 0. The molecular weight excluding hydrogens is 416 g/mol. The Morgan fingerprint density at radius 2 is 1.41 bits per heavy atom. The van der Waals surface area contributed by atoms with Crippen LogP contribution in [0.3, 0.4) is 0 Å². The van der Waals surface area contributed by atoms with Crippen LogP contribution in [0.4, 0.5) is 0 Å². The van der Waals surface area contributed by atoms with Crippen LogP contribution in [0.1, 0.15) is 50.7 Å². The normalized spacial score (nSPS) is 12.1. The molecule has 6 aromatic rings. The maximum Gasteiger partial charge on any atom is 0.160 e. The molecule has 3 heteroatoms. The molecular formula is C31H28N2O. The zero-order chi connectivity index (χ0) is 23.4. The van der Waals surface area contributed by atoms with Gasteiger partial charge in [0.15, 0.2) is 5.58 Å². The first-order valence-electron chi connectivity index (χ1n) is 12.1. The third-order valence-corrected chi connectivity index (χ3v) is 6.74. The molecule has 0 aliphatic heterocycles. The molecule has 168 valence electrons. The first kappa shape index (κ1) is 20.7. The van der Waals surface area contributed by atoms with Gasteiger partial charge in [-0.05, 0) is 41.2 Å². The lowest BCUT2D eigenvalue weighted by molar-refractivity contribution is 0.662. The Kier molecular flexibility index (Phi) is 4.80. The molecule has 0 unspecified atom stereocenters. The monoisotopic (exact) mass is 444 g/mol. The largest absolute Gasteiger partial charge is 0.454 e. The van der Waals surface area contributed by atoms with Crippen molar-refractivity contribution in [2.75, 3.05) is 0 Å². The molecule has 0 fully saturated rings. The van der Waals surface area contributed by atoms with Crippen LogP contribution in [0, 0.1) is 0 Å². The zero-order valence-electron chi connectivity index (χ0n) is 20.0. The fraction of sp³-hybridized carbons (Fsp3) is 0.194. The van der Waals surface area contributed by atoms with Gasteiger partial charge >= 0.3 is 0 Å². The van der Waals surface area contributed by atoms with E-state index < -0.39 is 0 Å². The number of rotatable bonds is 4. The van der Waals surface area contributed by atoms with Gasteiger partial charge in [0.1, 0.15) is 11.4 Å². The number of nitrogens with zero attached hydrogens (tertiary/aromatic N) is 2. The first-order valence-corrected chi connectivity index (χ1v) is 12.1. The summed E-state index contributed by atoms with van der Waals surface area (Å²) in [7, 11) is 0. The second-order valence-corrected chi connectivity index (χ2v) is 9.64. The Labute approximate surface area is 199 Å². The van der Waals surface area contributed by atoms with Gasteiger partial charge in [-0.1, -0.05) is 94.4 Å². The van der Waals surface area contributed by atoms with Crippen molar-refractivity contribution in [3.05, 3.63) is 96.1 Å². The van der Waals surface area contributed by atoms with Gasteiger partial charge in [0, 0.05) is 16.3 Å². The standard InChI is InChI=1S/C31H28N2O/c1-19(2)23-18-24(20(3)4)29(30-28(23)22-14-8-11-17-27(22)34-30)33-26-16-10-9-15-25(26)32-31(33)21-12-6-5-7-13-21/h5-20H,1-4H3. The Morgan fingerprint density at radius 1 is 0.735 bits per heavy atom. The van der Waals surface area contributed by atoms with Crippen molar-refractivity contribution in [2.45, 2.75) is 39.5 Å². The average Bonchev–Trinajstić information content (AvgIpc) is 3.42. The van der Waals surface area contributed by atoms with Crippen LogP contribution in [0.2, 0.25) is 0 Å². The fourth-order valence-corrected chi connectivity index (χ4v) is 5.10. The van der Waals surface area contributed by atoms with E-state index in [4.69, 9.17) is 9.40 Å². The molecule has 0 spiro atoms. The van der Waals surface area contributed by atoms with Crippen molar-refractivity contribution in [3.63, 3.8) is 0 Å². The van der Waals surface area contributed by atoms with Crippen molar-refractivity contribution in [1.29, 1.82) is 0 Å². The molecule has 0 atom stereocenters. The minimum Gasteiger partial charge on any atom is -0.454 e. The Bertz CT molecular complexity index is 1650. The number of aromatic nitrogens is 2. The summed E-state index contributed by atoms with van der Waals surface area (Å²) in [5.41, 5.74) is 8.72. The van der Waals surface area contributed by atoms with E-state index in [0.717, 1.165) is 39.3 Å². The molecule has 0 saturated heterocycles. The van der Waals surface area contributed by atoms with E-state index in [9.17, 15) is 0 Å². The molecule has 4 aromatic carbocycles. The smallest absolute Gasteiger partial charge is 0.160 e. The average molecular weight is 445 g/mol. The second-order valence-electron chi connectivity index (χ2n) is 9.64.